The molecule has 2 amide bonds. The number of nitrogens with one attached hydrogen (secondary N) is 1. The predicted octanol–water partition coefficient (Wildman–Crippen LogP) is 2.21. The fourth-order valence-electron chi connectivity index (χ4n) is 4.93. The number of ether oxygens (including phenoxy) is 1. The molecule has 2 heterocycles. The second-order valence-electron chi connectivity index (χ2n) is 8.04. The largest absolute Gasteiger partial charge is 0.480 e. The summed E-state index contributed by atoms with van der Waals surface area (Å²) >= 11 is 0. The Bertz CT molecular complexity index is 982. The molecule has 2 aromatic carbocycles. The quantitative estimate of drug-likeness (QED) is 0.835. The smallest absolute Gasteiger partial charge is 0.409 e. The molecule has 0 radical (unpaired) electrons. The maximum atomic E-state index is 12.6. The second-order valence-corrected chi connectivity index (χ2v) is 8.04. The summed E-state index contributed by atoms with van der Waals surface area (Å²) < 4.78 is 5.60. The molecule has 2 N–H and O–H groups in total. The molecule has 0 bridgehead atoms. The maximum absolute atomic E-state index is 12.6. The molecule has 29 heavy (non-hydrogen) atoms. The highest BCUT2D eigenvalue weighted by Crippen LogP contribution is 2.45. The minimum Gasteiger partial charge on any atom is -0.480 e. The summed E-state index contributed by atoms with van der Waals surface area (Å²) in [6.07, 6.45) is -0.349. The first kappa shape index (κ1) is 17.7. The molecule has 148 valence electrons. The van der Waals surface area contributed by atoms with Gasteiger partial charge in [0, 0.05) is 30.8 Å². The zero-order chi connectivity index (χ0) is 20.2. The van der Waals surface area contributed by atoms with Gasteiger partial charge in [-0.15, -0.1) is 0 Å². The molecule has 0 saturated carbocycles. The summed E-state index contributed by atoms with van der Waals surface area (Å²) in [7, 11) is 0. The van der Waals surface area contributed by atoms with Crippen LogP contribution in [0, 0.1) is 5.41 Å². The summed E-state index contributed by atoms with van der Waals surface area (Å²) in [6, 6.07) is 15.3. The standard InChI is InChI=1S/C22H20N2O5/c25-18-9-22(19(23-18)20(26)27)11-24(12-22)21(28)29-10-17-15-7-3-1-5-13(15)14-6-2-4-8-16(14)17/h1-8,17,19H,9-12H2,(H,23,25)(H,26,27). The predicted molar refractivity (Wildman–Crippen MR) is 103 cm³/mol. The number of carboxylic acids is 1. The Morgan fingerprint density at radius 2 is 1.66 bits per heavy atom. The molecule has 1 atom stereocenters. The van der Waals surface area contributed by atoms with Crippen LogP contribution in [0.2, 0.25) is 0 Å². The van der Waals surface area contributed by atoms with Gasteiger partial charge in [-0.1, -0.05) is 48.5 Å². The number of aliphatic carboxylic acids is 1. The number of amides is 2. The third-order valence-corrected chi connectivity index (χ3v) is 6.28. The highest BCUT2D eigenvalue weighted by Gasteiger charge is 2.59. The van der Waals surface area contributed by atoms with Crippen molar-refractivity contribution in [3.63, 3.8) is 0 Å². The molecule has 2 fully saturated rings. The Labute approximate surface area is 167 Å². The molecule has 2 aromatic rings. The summed E-state index contributed by atoms with van der Waals surface area (Å²) in [5.41, 5.74) is 3.86. The van der Waals surface area contributed by atoms with E-state index in [0.717, 1.165) is 22.3 Å². The minimum atomic E-state index is -1.07. The first-order valence-corrected chi connectivity index (χ1v) is 9.61. The van der Waals surface area contributed by atoms with Crippen molar-refractivity contribution in [2.75, 3.05) is 19.7 Å². The average molecular weight is 392 g/mol. The fourth-order valence-corrected chi connectivity index (χ4v) is 4.93. The number of hydrogen-bond acceptors (Lipinski definition) is 4. The number of carbonyl (C=O) groups excluding carboxylic acids is 2. The summed E-state index contributed by atoms with van der Waals surface area (Å²) in [5.74, 6) is -1.38. The van der Waals surface area contributed by atoms with Crippen LogP contribution in [-0.4, -0.2) is 53.7 Å². The zero-order valence-corrected chi connectivity index (χ0v) is 15.6. The molecular weight excluding hydrogens is 372 g/mol. The van der Waals surface area contributed by atoms with Gasteiger partial charge in [-0.25, -0.2) is 9.59 Å². The van der Waals surface area contributed by atoms with Crippen LogP contribution in [0.4, 0.5) is 4.79 Å². The molecule has 2 saturated heterocycles. The van der Waals surface area contributed by atoms with Crippen molar-refractivity contribution < 1.29 is 24.2 Å². The summed E-state index contributed by atoms with van der Waals surface area (Å²) in [4.78, 5) is 37.1. The Morgan fingerprint density at radius 1 is 1.07 bits per heavy atom. The number of carboxylic acid groups (broad SMARTS) is 1. The van der Waals surface area contributed by atoms with Crippen LogP contribution in [0.1, 0.15) is 23.5 Å². The van der Waals surface area contributed by atoms with Crippen LogP contribution in [0.3, 0.4) is 0 Å². The van der Waals surface area contributed by atoms with E-state index in [1.165, 1.54) is 4.90 Å². The van der Waals surface area contributed by atoms with Gasteiger partial charge in [-0.3, -0.25) is 4.79 Å². The molecule has 5 rings (SSSR count). The minimum absolute atomic E-state index is 0.0249. The Kier molecular flexibility index (Phi) is 3.87. The third kappa shape index (κ3) is 2.68. The van der Waals surface area contributed by atoms with Crippen molar-refractivity contribution in [3.05, 3.63) is 59.7 Å². The number of fused-ring (bicyclic) bond motifs is 3. The SMILES string of the molecule is O=C1CC2(CN(C(=O)OCC3c4ccccc4-c4ccccc43)C2)C(C(=O)O)N1. The zero-order valence-electron chi connectivity index (χ0n) is 15.6. The van der Waals surface area contributed by atoms with E-state index in [1.54, 1.807) is 0 Å². The third-order valence-electron chi connectivity index (χ3n) is 6.28. The lowest BCUT2D eigenvalue weighted by Gasteiger charge is -2.48. The molecule has 0 aromatic heterocycles. The van der Waals surface area contributed by atoms with Gasteiger partial charge in [0.2, 0.25) is 5.91 Å². The van der Waals surface area contributed by atoms with Crippen LogP contribution in [0.5, 0.6) is 0 Å². The van der Waals surface area contributed by atoms with Gasteiger partial charge in [0.25, 0.3) is 0 Å². The maximum Gasteiger partial charge on any atom is 0.409 e. The molecule has 1 spiro atoms. The molecule has 1 aliphatic carbocycles. The lowest BCUT2D eigenvalue weighted by molar-refractivity contribution is -0.145. The molecule has 2 aliphatic heterocycles. The fraction of sp³-hybridized carbons (Fsp3) is 0.318. The lowest BCUT2D eigenvalue weighted by Crippen LogP contribution is -2.64. The first-order valence-electron chi connectivity index (χ1n) is 9.61. The van der Waals surface area contributed by atoms with Crippen LogP contribution in [0.15, 0.2) is 48.5 Å². The van der Waals surface area contributed by atoms with E-state index in [4.69, 9.17) is 4.74 Å². The number of benzene rings is 2. The van der Waals surface area contributed by atoms with Crippen molar-refractivity contribution in [1.29, 1.82) is 0 Å². The van der Waals surface area contributed by atoms with Crippen molar-refractivity contribution in [2.45, 2.75) is 18.4 Å². The molecule has 7 nitrogen and oxygen atoms in total. The monoisotopic (exact) mass is 392 g/mol. The topological polar surface area (TPSA) is 95.9 Å². The Hall–Kier alpha value is -3.35. The molecule has 7 heteroatoms. The average Bonchev–Trinajstić information content (AvgIpc) is 3.21. The number of likely N-dealkylation sites (tertiary alicyclic amines) is 1. The van der Waals surface area contributed by atoms with Crippen LogP contribution in [0.25, 0.3) is 11.1 Å². The van der Waals surface area contributed by atoms with Gasteiger partial charge in [-0.05, 0) is 22.3 Å². The van der Waals surface area contributed by atoms with Gasteiger partial charge in [0.15, 0.2) is 0 Å². The van der Waals surface area contributed by atoms with Crippen molar-refractivity contribution in [1.82, 2.24) is 10.2 Å². The molecule has 1 unspecified atom stereocenters. The highest BCUT2D eigenvalue weighted by atomic mass is 16.6. The van der Waals surface area contributed by atoms with Gasteiger partial charge in [-0.2, -0.15) is 0 Å². The van der Waals surface area contributed by atoms with Crippen LogP contribution in [-0.2, 0) is 14.3 Å². The summed E-state index contributed by atoms with van der Waals surface area (Å²) in [5, 5.41) is 11.8. The number of nitrogens with zero attached hydrogens (tertiary/aromatic N) is 1. The van der Waals surface area contributed by atoms with E-state index in [9.17, 15) is 19.5 Å². The Balaban J connectivity index is 1.27. The molecular formula is C22H20N2O5. The van der Waals surface area contributed by atoms with Gasteiger partial charge in [0.05, 0.1) is 0 Å². The van der Waals surface area contributed by atoms with Gasteiger partial charge >= 0.3 is 12.1 Å². The van der Waals surface area contributed by atoms with Crippen molar-refractivity contribution >= 4 is 18.0 Å². The normalized spacial score (nSPS) is 21.3. The van der Waals surface area contributed by atoms with Crippen molar-refractivity contribution in [2.24, 2.45) is 5.41 Å². The van der Waals surface area contributed by atoms with E-state index in [2.05, 4.69) is 29.6 Å². The van der Waals surface area contributed by atoms with Gasteiger partial charge in [0.1, 0.15) is 12.6 Å². The highest BCUT2D eigenvalue weighted by molar-refractivity contribution is 5.90. The van der Waals surface area contributed by atoms with E-state index >= 15 is 0 Å². The van der Waals surface area contributed by atoms with E-state index in [1.807, 2.05) is 24.3 Å². The van der Waals surface area contributed by atoms with Crippen LogP contribution < -0.4 is 5.32 Å². The van der Waals surface area contributed by atoms with Crippen LogP contribution >= 0.6 is 0 Å². The van der Waals surface area contributed by atoms with Crippen molar-refractivity contribution in [3.8, 4) is 11.1 Å². The molecule has 3 aliphatic rings. The lowest BCUT2D eigenvalue weighted by atomic mass is 9.73. The first-order chi connectivity index (χ1) is 14.0. The van der Waals surface area contributed by atoms with Gasteiger partial charge < -0.3 is 20.1 Å². The number of rotatable bonds is 3. The van der Waals surface area contributed by atoms with E-state index < -0.39 is 23.5 Å². The van der Waals surface area contributed by atoms with E-state index in [-0.39, 0.29) is 37.9 Å². The number of hydrogen-bond donors (Lipinski definition) is 2. The Morgan fingerprint density at radius 3 is 2.24 bits per heavy atom. The summed E-state index contributed by atoms with van der Waals surface area (Å²) in [6.45, 7) is 0.634. The second kappa shape index (κ2) is 6.34. The number of carbonyl (C=O) groups is 3. The van der Waals surface area contributed by atoms with E-state index in [0.29, 0.717) is 0 Å².